The number of cyclic esters (lactones) is 1. The van der Waals surface area contributed by atoms with Gasteiger partial charge in [-0.25, -0.2) is 9.59 Å². The minimum absolute atomic E-state index is 0.273. The smallest absolute Gasteiger partial charge is 0.356 e. The number of aromatic nitrogens is 2. The standard InChI is InChI=1S/C29H42N4O7/c1-21-18-24(31(2)30-21)29(35)40-23-8-5-16-38-26-20-22(19-25(36-3)27(26)37-4)28(34)39-17-7-12-32-10-6-11-33(13-9-23)15-14-32/h18-20,23H,5-17H2,1-4H3. The van der Waals surface area contributed by atoms with Gasteiger partial charge in [-0.2, -0.15) is 5.10 Å². The van der Waals surface area contributed by atoms with Crippen LogP contribution >= 0.6 is 0 Å². The molecule has 11 nitrogen and oxygen atoms in total. The van der Waals surface area contributed by atoms with Crippen molar-refractivity contribution in [1.29, 1.82) is 0 Å². The molecule has 40 heavy (non-hydrogen) atoms. The van der Waals surface area contributed by atoms with Crippen molar-refractivity contribution in [2.45, 2.75) is 45.1 Å². The maximum absolute atomic E-state index is 13.0. The predicted octanol–water partition coefficient (Wildman–Crippen LogP) is 3.09. The number of rotatable bonds is 4. The van der Waals surface area contributed by atoms with E-state index >= 15 is 0 Å². The van der Waals surface area contributed by atoms with Gasteiger partial charge in [0, 0.05) is 33.2 Å². The Balaban J connectivity index is 1.52. The minimum atomic E-state index is -0.428. The van der Waals surface area contributed by atoms with Crippen LogP contribution in [0.1, 0.15) is 58.6 Å². The molecule has 2 aromatic rings. The van der Waals surface area contributed by atoms with E-state index in [1.54, 1.807) is 29.9 Å². The number of benzene rings is 1. The van der Waals surface area contributed by atoms with Crippen LogP contribution in [0.25, 0.3) is 0 Å². The van der Waals surface area contributed by atoms with Gasteiger partial charge in [0.25, 0.3) is 0 Å². The van der Waals surface area contributed by atoms with Gasteiger partial charge in [-0.1, -0.05) is 0 Å². The van der Waals surface area contributed by atoms with Crippen LogP contribution in [0.2, 0.25) is 0 Å². The summed E-state index contributed by atoms with van der Waals surface area (Å²) in [5, 5.41) is 4.28. The highest BCUT2D eigenvalue weighted by Gasteiger charge is 2.23. The number of ether oxygens (including phenoxy) is 5. The van der Waals surface area contributed by atoms with E-state index in [2.05, 4.69) is 14.9 Å². The molecule has 2 aliphatic rings. The molecule has 4 rings (SSSR count). The molecule has 1 aromatic heterocycles. The molecule has 1 saturated heterocycles. The van der Waals surface area contributed by atoms with Crippen molar-refractivity contribution in [2.75, 3.05) is 66.7 Å². The molecule has 0 amide bonds. The molecule has 0 spiro atoms. The lowest BCUT2D eigenvalue weighted by Crippen LogP contribution is -2.34. The highest BCUT2D eigenvalue weighted by atomic mass is 16.5. The van der Waals surface area contributed by atoms with Crippen molar-refractivity contribution in [3.63, 3.8) is 0 Å². The number of methoxy groups -OCH3 is 2. The maximum Gasteiger partial charge on any atom is 0.356 e. The molecular formula is C29H42N4O7. The maximum atomic E-state index is 13.0. The van der Waals surface area contributed by atoms with Crippen LogP contribution in [0.5, 0.6) is 17.2 Å². The Bertz CT molecular complexity index is 1150. The number of fused-ring (bicyclic) bond motifs is 5. The van der Waals surface area contributed by atoms with Crippen LogP contribution < -0.4 is 14.2 Å². The van der Waals surface area contributed by atoms with E-state index in [1.165, 1.54) is 14.2 Å². The number of carbonyl (C=O) groups excluding carboxylic acids is 2. The zero-order valence-electron chi connectivity index (χ0n) is 24.1. The average molecular weight is 559 g/mol. The van der Waals surface area contributed by atoms with Crippen LogP contribution in [0.4, 0.5) is 0 Å². The molecule has 0 saturated carbocycles. The molecule has 3 heterocycles. The van der Waals surface area contributed by atoms with Crippen molar-refractivity contribution in [3.05, 3.63) is 35.2 Å². The molecule has 1 fully saturated rings. The summed E-state index contributed by atoms with van der Waals surface area (Å²) in [4.78, 5) is 30.7. The van der Waals surface area contributed by atoms with Crippen LogP contribution in [-0.2, 0) is 16.5 Å². The van der Waals surface area contributed by atoms with Gasteiger partial charge < -0.3 is 33.5 Å². The monoisotopic (exact) mass is 558 g/mol. The van der Waals surface area contributed by atoms with Crippen LogP contribution in [0, 0.1) is 6.92 Å². The highest BCUT2D eigenvalue weighted by molar-refractivity contribution is 5.91. The zero-order chi connectivity index (χ0) is 28.5. The van der Waals surface area contributed by atoms with Crippen molar-refractivity contribution in [1.82, 2.24) is 19.6 Å². The second-order valence-electron chi connectivity index (χ2n) is 10.3. The lowest BCUT2D eigenvalue weighted by atomic mass is 10.1. The molecule has 11 heteroatoms. The predicted molar refractivity (Wildman–Crippen MR) is 148 cm³/mol. The molecule has 3 unspecified atom stereocenters. The van der Waals surface area contributed by atoms with Gasteiger partial charge >= 0.3 is 11.9 Å². The Morgan fingerprint density at radius 1 is 0.900 bits per heavy atom. The lowest BCUT2D eigenvalue weighted by Gasteiger charge is -2.24. The summed E-state index contributed by atoms with van der Waals surface area (Å²) in [6, 6.07) is 4.98. The minimum Gasteiger partial charge on any atom is -0.493 e. The molecular weight excluding hydrogens is 516 g/mol. The third-order valence-corrected chi connectivity index (χ3v) is 7.39. The van der Waals surface area contributed by atoms with Crippen molar-refractivity contribution < 1.29 is 33.3 Å². The zero-order valence-corrected chi connectivity index (χ0v) is 24.1. The van der Waals surface area contributed by atoms with Gasteiger partial charge in [-0.15, -0.1) is 0 Å². The van der Waals surface area contributed by atoms with Crippen LogP contribution in [-0.4, -0.2) is 104 Å². The number of hydrogen-bond acceptors (Lipinski definition) is 10. The number of aryl methyl sites for hydroxylation is 2. The molecule has 0 aliphatic carbocycles. The molecule has 1 aromatic carbocycles. The summed E-state index contributed by atoms with van der Waals surface area (Å²) in [6.07, 6.45) is 3.55. The molecule has 0 radical (unpaired) electrons. The number of carbonyl (C=O) groups is 2. The van der Waals surface area contributed by atoms with Gasteiger partial charge in [0.1, 0.15) is 11.8 Å². The fraction of sp³-hybridized carbons (Fsp3) is 0.621. The Kier molecular flexibility index (Phi) is 10.7. The first kappa shape index (κ1) is 29.7. The van der Waals surface area contributed by atoms with Gasteiger partial charge in [0.15, 0.2) is 11.5 Å². The van der Waals surface area contributed by atoms with E-state index in [9.17, 15) is 9.59 Å². The number of nitrogens with zero attached hydrogens (tertiary/aromatic N) is 4. The van der Waals surface area contributed by atoms with E-state index in [0.29, 0.717) is 54.6 Å². The summed E-state index contributed by atoms with van der Waals surface area (Å²) < 4.78 is 30.2. The van der Waals surface area contributed by atoms with Gasteiger partial charge in [0.05, 0.1) is 38.7 Å². The topological polar surface area (TPSA) is 105 Å². The fourth-order valence-corrected chi connectivity index (χ4v) is 5.26. The Morgan fingerprint density at radius 3 is 2.33 bits per heavy atom. The van der Waals surface area contributed by atoms with E-state index in [-0.39, 0.29) is 12.1 Å². The Labute approximate surface area is 236 Å². The highest BCUT2D eigenvalue weighted by Crippen LogP contribution is 2.39. The molecule has 4 bridgehead atoms. The SMILES string of the molecule is COc1cc2cc(c1OC)OCCCC(OC(=O)c1cc(C)nn1C)CCN1CCCN(CCCOC2=O)CC1. The van der Waals surface area contributed by atoms with E-state index in [4.69, 9.17) is 23.7 Å². The van der Waals surface area contributed by atoms with Crippen molar-refractivity contribution in [2.24, 2.45) is 7.05 Å². The quantitative estimate of drug-likeness (QED) is 0.520. The summed E-state index contributed by atoms with van der Waals surface area (Å²) in [6.45, 7) is 8.18. The summed E-state index contributed by atoms with van der Waals surface area (Å²) >= 11 is 0. The van der Waals surface area contributed by atoms with Crippen molar-refractivity contribution in [3.8, 4) is 17.2 Å². The lowest BCUT2D eigenvalue weighted by molar-refractivity contribution is 0.0209. The van der Waals surface area contributed by atoms with Crippen LogP contribution in [0.3, 0.4) is 0 Å². The van der Waals surface area contributed by atoms with E-state index in [0.717, 1.165) is 64.2 Å². The third kappa shape index (κ3) is 7.88. The second-order valence-corrected chi connectivity index (χ2v) is 10.3. The number of hydrogen-bond donors (Lipinski definition) is 0. The van der Waals surface area contributed by atoms with Crippen molar-refractivity contribution >= 4 is 11.9 Å². The Hall–Kier alpha value is -3.31. The average Bonchev–Trinajstić information content (AvgIpc) is 3.13. The molecule has 3 atom stereocenters. The van der Waals surface area contributed by atoms with Gasteiger partial charge in [-0.3, -0.25) is 4.68 Å². The fourth-order valence-electron chi connectivity index (χ4n) is 5.26. The first-order valence-electron chi connectivity index (χ1n) is 14.1. The third-order valence-electron chi connectivity index (χ3n) is 7.39. The second kappa shape index (κ2) is 14.4. The van der Waals surface area contributed by atoms with Gasteiger partial charge in [0.2, 0.25) is 5.75 Å². The largest absolute Gasteiger partial charge is 0.493 e. The number of esters is 2. The van der Waals surface area contributed by atoms with Gasteiger partial charge in [-0.05, 0) is 70.3 Å². The molecule has 2 aliphatic heterocycles. The Morgan fingerprint density at radius 2 is 1.62 bits per heavy atom. The summed E-state index contributed by atoms with van der Waals surface area (Å²) in [5.74, 6) is 0.407. The first-order chi connectivity index (χ1) is 19.4. The van der Waals surface area contributed by atoms with E-state index < -0.39 is 5.97 Å². The first-order valence-corrected chi connectivity index (χ1v) is 14.1. The summed E-state index contributed by atoms with van der Waals surface area (Å²) in [5.41, 5.74) is 1.55. The summed E-state index contributed by atoms with van der Waals surface area (Å²) in [7, 11) is 4.79. The molecule has 220 valence electrons. The molecule has 0 N–H and O–H groups in total. The van der Waals surface area contributed by atoms with E-state index in [1.807, 2.05) is 6.92 Å². The normalized spacial score (nSPS) is 23.0. The van der Waals surface area contributed by atoms with Crippen LogP contribution in [0.15, 0.2) is 18.2 Å².